The molecule has 1 fully saturated rings. The van der Waals surface area contributed by atoms with Crippen LogP contribution in [-0.2, 0) is 0 Å². The maximum atomic E-state index is 5.98. The first-order valence-corrected chi connectivity index (χ1v) is 12.8. The van der Waals surface area contributed by atoms with Crippen LogP contribution in [-0.4, -0.2) is 24.7 Å². The Balaban J connectivity index is 1.55. The zero-order valence-electron chi connectivity index (χ0n) is 20.4. The summed E-state index contributed by atoms with van der Waals surface area (Å²) in [6.45, 7) is 11.4. The first-order valence-electron chi connectivity index (χ1n) is 12.8. The topological polar surface area (TPSA) is 41.3 Å². The molecule has 1 aliphatic rings. The van der Waals surface area contributed by atoms with Gasteiger partial charge in [0.25, 0.3) is 0 Å². The fraction of sp³-hybridized carbons (Fsp3) is 0.778. The van der Waals surface area contributed by atoms with Gasteiger partial charge in [-0.25, -0.2) is 0 Å². The van der Waals surface area contributed by atoms with E-state index < -0.39 is 0 Å². The van der Waals surface area contributed by atoms with Gasteiger partial charge in [-0.3, -0.25) is 0 Å². The van der Waals surface area contributed by atoms with E-state index in [9.17, 15) is 0 Å². The first kappa shape index (κ1) is 25.0. The second-order valence-electron chi connectivity index (χ2n) is 10.3. The Bertz CT molecular complexity index is 596. The lowest BCUT2D eigenvalue weighted by atomic mass is 9.94. The van der Waals surface area contributed by atoms with Gasteiger partial charge in [-0.05, 0) is 57.4 Å². The van der Waals surface area contributed by atoms with E-state index in [1.807, 2.05) is 6.07 Å². The number of nitrogens with zero attached hydrogens (tertiary/aromatic N) is 1. The number of unbranched alkanes of at least 4 members (excludes halogenated alkanes) is 10. The Morgan fingerprint density at radius 1 is 0.967 bits per heavy atom. The molecule has 1 aromatic carbocycles. The number of nitrogens with two attached hydrogens (primary N) is 1. The summed E-state index contributed by atoms with van der Waals surface area (Å²) < 4.78 is 0. The average molecular weight is 416 g/mol. The van der Waals surface area contributed by atoms with E-state index in [0.29, 0.717) is 6.04 Å². The van der Waals surface area contributed by atoms with E-state index >= 15 is 0 Å². The lowest BCUT2D eigenvalue weighted by molar-refractivity contribution is 0.312. The minimum atomic E-state index is 0.233. The van der Waals surface area contributed by atoms with Crippen LogP contribution in [0.2, 0.25) is 0 Å². The Hall–Kier alpha value is -1.22. The van der Waals surface area contributed by atoms with E-state index in [1.54, 1.807) is 0 Å². The van der Waals surface area contributed by atoms with Crippen LogP contribution in [0.3, 0.4) is 0 Å². The minimum Gasteiger partial charge on any atom is -0.399 e. The van der Waals surface area contributed by atoms with Crippen LogP contribution < -0.4 is 16.0 Å². The number of hydrogen-bond donors (Lipinski definition) is 2. The molecule has 1 heterocycles. The van der Waals surface area contributed by atoms with Crippen molar-refractivity contribution < 1.29 is 0 Å². The summed E-state index contributed by atoms with van der Waals surface area (Å²) >= 11 is 0. The lowest BCUT2D eigenvalue weighted by Crippen LogP contribution is -2.47. The number of nitrogen functional groups attached to an aromatic ring is 1. The van der Waals surface area contributed by atoms with Gasteiger partial charge in [0.1, 0.15) is 0 Å². The Morgan fingerprint density at radius 3 is 2.17 bits per heavy atom. The van der Waals surface area contributed by atoms with Gasteiger partial charge in [0, 0.05) is 36.0 Å². The molecule has 1 unspecified atom stereocenters. The van der Waals surface area contributed by atoms with Gasteiger partial charge in [0.15, 0.2) is 0 Å². The van der Waals surface area contributed by atoms with Crippen molar-refractivity contribution in [2.75, 3.05) is 23.7 Å². The molecule has 3 heteroatoms. The summed E-state index contributed by atoms with van der Waals surface area (Å²) in [7, 11) is 0. The predicted molar refractivity (Wildman–Crippen MR) is 135 cm³/mol. The highest BCUT2D eigenvalue weighted by Crippen LogP contribution is 2.26. The number of hydrogen-bond acceptors (Lipinski definition) is 3. The molecule has 0 aromatic heterocycles. The third-order valence-electron chi connectivity index (χ3n) is 6.81. The summed E-state index contributed by atoms with van der Waals surface area (Å²) in [6, 6.07) is 7.03. The largest absolute Gasteiger partial charge is 0.399 e. The molecule has 1 saturated heterocycles. The van der Waals surface area contributed by atoms with Crippen molar-refractivity contribution in [3.8, 4) is 0 Å². The Kier molecular flexibility index (Phi) is 11.1. The van der Waals surface area contributed by atoms with Crippen molar-refractivity contribution in [3.63, 3.8) is 0 Å². The molecule has 0 radical (unpaired) electrons. The van der Waals surface area contributed by atoms with E-state index in [0.717, 1.165) is 18.8 Å². The van der Waals surface area contributed by atoms with Gasteiger partial charge < -0.3 is 16.0 Å². The summed E-state index contributed by atoms with van der Waals surface area (Å²) in [5.74, 6) is 0. The van der Waals surface area contributed by atoms with Crippen LogP contribution >= 0.6 is 0 Å². The molecular weight excluding hydrogens is 366 g/mol. The molecule has 0 saturated carbocycles. The quantitative estimate of drug-likeness (QED) is 0.234. The SMILES string of the molecule is CCCCCCCCCCCCCC(C)(C)NC1CCN(c2ccc(N)c(C)c2)C1. The van der Waals surface area contributed by atoms with Crippen LogP contribution in [0.15, 0.2) is 18.2 Å². The van der Waals surface area contributed by atoms with Crippen molar-refractivity contribution in [2.45, 2.75) is 123 Å². The van der Waals surface area contributed by atoms with Gasteiger partial charge >= 0.3 is 0 Å². The molecule has 30 heavy (non-hydrogen) atoms. The molecule has 1 atom stereocenters. The maximum Gasteiger partial charge on any atom is 0.0370 e. The molecule has 0 aliphatic carbocycles. The highest BCUT2D eigenvalue weighted by molar-refractivity contribution is 5.58. The number of aryl methyl sites for hydroxylation is 1. The monoisotopic (exact) mass is 415 g/mol. The van der Waals surface area contributed by atoms with Crippen LogP contribution in [0.4, 0.5) is 11.4 Å². The maximum absolute atomic E-state index is 5.98. The molecule has 1 aliphatic heterocycles. The van der Waals surface area contributed by atoms with Crippen molar-refractivity contribution in [2.24, 2.45) is 0 Å². The normalized spacial score (nSPS) is 17.1. The summed E-state index contributed by atoms with van der Waals surface area (Å²) in [6.07, 6.45) is 18.1. The third-order valence-corrected chi connectivity index (χ3v) is 6.81. The molecule has 3 nitrogen and oxygen atoms in total. The second kappa shape index (κ2) is 13.2. The van der Waals surface area contributed by atoms with E-state index in [4.69, 9.17) is 5.73 Å². The van der Waals surface area contributed by atoms with Crippen LogP contribution in [0, 0.1) is 6.92 Å². The number of anilines is 2. The summed E-state index contributed by atoms with van der Waals surface area (Å²) in [5.41, 5.74) is 9.60. The molecule has 3 N–H and O–H groups in total. The summed E-state index contributed by atoms with van der Waals surface area (Å²) in [5, 5.41) is 3.95. The summed E-state index contributed by atoms with van der Waals surface area (Å²) in [4.78, 5) is 2.50. The lowest BCUT2D eigenvalue weighted by Gasteiger charge is -2.30. The minimum absolute atomic E-state index is 0.233. The van der Waals surface area contributed by atoms with Crippen molar-refractivity contribution in [3.05, 3.63) is 23.8 Å². The standard InChI is InChI=1S/C27H49N3/c1-5-6-7-8-9-10-11-12-13-14-15-19-27(3,4)29-24-18-20-30(22-24)25-16-17-26(28)23(2)21-25/h16-17,21,24,29H,5-15,18-20,22,28H2,1-4H3. The Labute approximate surface area is 187 Å². The van der Waals surface area contributed by atoms with Crippen LogP contribution in [0.1, 0.15) is 110 Å². The van der Waals surface area contributed by atoms with Crippen molar-refractivity contribution >= 4 is 11.4 Å². The average Bonchev–Trinajstić information content (AvgIpc) is 3.16. The molecule has 1 aromatic rings. The fourth-order valence-corrected chi connectivity index (χ4v) is 4.83. The molecule has 0 bridgehead atoms. The third kappa shape index (κ3) is 9.29. The number of nitrogens with one attached hydrogen (secondary N) is 1. The number of rotatable bonds is 15. The van der Waals surface area contributed by atoms with Gasteiger partial charge in [-0.15, -0.1) is 0 Å². The van der Waals surface area contributed by atoms with Crippen molar-refractivity contribution in [1.29, 1.82) is 0 Å². The smallest absolute Gasteiger partial charge is 0.0370 e. The molecular formula is C27H49N3. The zero-order chi connectivity index (χ0) is 21.8. The van der Waals surface area contributed by atoms with Gasteiger partial charge in [-0.1, -0.05) is 77.6 Å². The van der Waals surface area contributed by atoms with E-state index in [2.05, 4.69) is 50.0 Å². The van der Waals surface area contributed by atoms with E-state index in [1.165, 1.54) is 94.7 Å². The highest BCUT2D eigenvalue weighted by atomic mass is 15.2. The highest BCUT2D eigenvalue weighted by Gasteiger charge is 2.28. The van der Waals surface area contributed by atoms with Gasteiger partial charge in [0.2, 0.25) is 0 Å². The molecule has 0 amide bonds. The first-order chi connectivity index (χ1) is 14.4. The Morgan fingerprint density at radius 2 is 1.57 bits per heavy atom. The van der Waals surface area contributed by atoms with E-state index in [-0.39, 0.29) is 5.54 Å². The molecule has 172 valence electrons. The van der Waals surface area contributed by atoms with Gasteiger partial charge in [0.05, 0.1) is 0 Å². The van der Waals surface area contributed by atoms with Crippen molar-refractivity contribution in [1.82, 2.24) is 5.32 Å². The number of benzene rings is 1. The van der Waals surface area contributed by atoms with Gasteiger partial charge in [-0.2, -0.15) is 0 Å². The molecule has 0 spiro atoms. The zero-order valence-corrected chi connectivity index (χ0v) is 20.4. The predicted octanol–water partition coefficient (Wildman–Crippen LogP) is 7.23. The second-order valence-corrected chi connectivity index (χ2v) is 10.3. The fourth-order valence-electron chi connectivity index (χ4n) is 4.83. The molecule has 2 rings (SSSR count). The van der Waals surface area contributed by atoms with Crippen LogP contribution in [0.25, 0.3) is 0 Å². The van der Waals surface area contributed by atoms with Crippen LogP contribution in [0.5, 0.6) is 0 Å².